The summed E-state index contributed by atoms with van der Waals surface area (Å²) in [5.74, 6) is -0.312. The third-order valence-corrected chi connectivity index (χ3v) is 8.43. The molecular weight excluding hydrogens is 512 g/mol. The Balaban J connectivity index is 2.19. The van der Waals surface area contributed by atoms with Gasteiger partial charge in [0, 0.05) is 37.1 Å². The number of amides is 4. The second-order valence-corrected chi connectivity index (χ2v) is 13.1. The number of urea groups is 1. The van der Waals surface area contributed by atoms with Gasteiger partial charge in [-0.3, -0.25) is 9.59 Å². The van der Waals surface area contributed by atoms with Gasteiger partial charge in [0.2, 0.25) is 11.8 Å². The van der Waals surface area contributed by atoms with Crippen LogP contribution >= 0.6 is 23.5 Å². The van der Waals surface area contributed by atoms with Crippen LogP contribution in [-0.4, -0.2) is 75.6 Å². The summed E-state index contributed by atoms with van der Waals surface area (Å²) in [7, 11) is 1.54. The number of likely N-dealkylation sites (N-methyl/N-ethyl adjacent to an activating group) is 1. The van der Waals surface area contributed by atoms with Gasteiger partial charge in [-0.05, 0) is 50.4 Å². The summed E-state index contributed by atoms with van der Waals surface area (Å²) in [6, 6.07) is 8.22. The van der Waals surface area contributed by atoms with E-state index in [2.05, 4.69) is 10.6 Å². The second kappa shape index (κ2) is 13.9. The molecule has 1 aromatic rings. The van der Waals surface area contributed by atoms with Crippen molar-refractivity contribution in [3.8, 4) is 0 Å². The lowest BCUT2D eigenvalue weighted by Crippen LogP contribution is -2.50. The molecule has 9 nitrogen and oxygen atoms in total. The number of carbonyl (C=O) groups excluding carboxylic acids is 4. The molecule has 1 fully saturated rings. The largest absolute Gasteiger partial charge is 0.452 e. The summed E-state index contributed by atoms with van der Waals surface area (Å²) in [6.07, 6.45) is 0.931. The zero-order chi connectivity index (χ0) is 27.8. The first-order chi connectivity index (χ1) is 17.3. The van der Waals surface area contributed by atoms with E-state index < -0.39 is 28.2 Å². The van der Waals surface area contributed by atoms with Gasteiger partial charge in [0.15, 0.2) is 0 Å². The Hall–Kier alpha value is -2.40. The number of hydrogen-bond acceptors (Lipinski definition) is 7. The maximum atomic E-state index is 13.5. The van der Waals surface area contributed by atoms with Gasteiger partial charge in [0.05, 0.1) is 5.25 Å². The summed E-state index contributed by atoms with van der Waals surface area (Å²) in [5, 5.41) is 4.16. The molecule has 0 spiro atoms. The van der Waals surface area contributed by atoms with Crippen LogP contribution in [0, 0.1) is 5.92 Å². The van der Waals surface area contributed by atoms with Crippen molar-refractivity contribution in [3.05, 3.63) is 35.9 Å². The van der Waals surface area contributed by atoms with Crippen molar-refractivity contribution < 1.29 is 23.9 Å². The highest BCUT2D eigenvalue weighted by atomic mass is 32.2. The number of rotatable bonds is 10. The monoisotopic (exact) mass is 552 g/mol. The van der Waals surface area contributed by atoms with Crippen molar-refractivity contribution in [2.45, 2.75) is 74.9 Å². The second-order valence-electron chi connectivity index (χ2n) is 10.5. The van der Waals surface area contributed by atoms with Crippen LogP contribution in [0.2, 0.25) is 0 Å². The van der Waals surface area contributed by atoms with Crippen LogP contribution in [0.4, 0.5) is 9.59 Å². The molecule has 0 aromatic heterocycles. The molecular formula is C26H40N4O5S2. The topological polar surface area (TPSA) is 131 Å². The lowest BCUT2D eigenvalue weighted by molar-refractivity contribution is -0.128. The van der Waals surface area contributed by atoms with E-state index in [9.17, 15) is 19.2 Å². The van der Waals surface area contributed by atoms with E-state index >= 15 is 0 Å². The zero-order valence-corrected chi connectivity index (χ0v) is 24.1. The van der Waals surface area contributed by atoms with Gasteiger partial charge in [0.1, 0.15) is 11.6 Å². The fraction of sp³-hybridized carbons (Fsp3) is 0.615. The number of primary amides is 1. The molecule has 4 N–H and O–H groups in total. The molecule has 0 bridgehead atoms. The molecule has 1 aromatic carbocycles. The number of nitrogens with one attached hydrogen (secondary N) is 2. The van der Waals surface area contributed by atoms with Crippen LogP contribution < -0.4 is 16.4 Å². The number of carbonyl (C=O) groups is 4. The van der Waals surface area contributed by atoms with Gasteiger partial charge in [-0.15, -0.1) is 11.8 Å². The van der Waals surface area contributed by atoms with Gasteiger partial charge in [0.25, 0.3) is 0 Å². The van der Waals surface area contributed by atoms with Crippen molar-refractivity contribution >= 4 is 46.7 Å². The van der Waals surface area contributed by atoms with E-state index in [0.717, 1.165) is 17.3 Å². The first-order valence-corrected chi connectivity index (χ1v) is 14.3. The van der Waals surface area contributed by atoms with Crippen LogP contribution in [-0.2, 0) is 20.7 Å². The number of thioether (sulfide) groups is 2. The Morgan fingerprint density at radius 3 is 2.24 bits per heavy atom. The summed E-state index contributed by atoms with van der Waals surface area (Å²) in [4.78, 5) is 52.1. The van der Waals surface area contributed by atoms with Crippen LogP contribution in [0.5, 0.6) is 0 Å². The van der Waals surface area contributed by atoms with Crippen LogP contribution in [0.15, 0.2) is 30.3 Å². The molecule has 1 heterocycles. The predicted molar refractivity (Wildman–Crippen MR) is 150 cm³/mol. The molecule has 4 amide bonds. The number of nitrogens with two attached hydrogens (primary N) is 1. The molecule has 1 aliphatic heterocycles. The van der Waals surface area contributed by atoms with Crippen molar-refractivity contribution in [1.29, 1.82) is 0 Å². The van der Waals surface area contributed by atoms with Gasteiger partial charge >= 0.3 is 11.3 Å². The van der Waals surface area contributed by atoms with E-state index in [1.807, 2.05) is 44.2 Å². The highest BCUT2D eigenvalue weighted by Crippen LogP contribution is 2.37. The van der Waals surface area contributed by atoms with Gasteiger partial charge in [-0.1, -0.05) is 44.2 Å². The molecule has 37 heavy (non-hydrogen) atoms. The van der Waals surface area contributed by atoms with Crippen molar-refractivity contribution in [2.24, 2.45) is 11.7 Å². The van der Waals surface area contributed by atoms with Crippen LogP contribution in [0.1, 0.15) is 46.6 Å². The van der Waals surface area contributed by atoms with E-state index in [1.54, 1.807) is 27.8 Å². The Morgan fingerprint density at radius 1 is 1.08 bits per heavy atom. The average Bonchev–Trinajstić information content (AvgIpc) is 3.19. The van der Waals surface area contributed by atoms with Gasteiger partial charge in [-0.25, -0.2) is 9.59 Å². The van der Waals surface area contributed by atoms with Crippen molar-refractivity contribution in [1.82, 2.24) is 15.5 Å². The average molecular weight is 553 g/mol. The molecule has 11 heteroatoms. The van der Waals surface area contributed by atoms with Gasteiger partial charge in [-0.2, -0.15) is 0 Å². The summed E-state index contributed by atoms with van der Waals surface area (Å²) >= 11 is 2.46. The standard InChI is InChI=1S/C26H40N4O5S2/c1-16(2)12-19(23(32)29-18(22(31)28-6)13-17-10-8-7-9-11-17)36-20-14-30(24(27)33)15-21(20)37-25(34)35-26(3,4)5/h7-11,16,18-21H,12-15H2,1-6H3,(H2,27,33)(H,28,31)(H,29,32)/t18-,19+,20-,21+/m0/s1. The third kappa shape index (κ3) is 10.5. The lowest BCUT2D eigenvalue weighted by Gasteiger charge is -2.27. The minimum atomic E-state index is -0.729. The smallest absolute Gasteiger partial charge is 0.368 e. The lowest BCUT2D eigenvalue weighted by atomic mass is 10.0. The van der Waals surface area contributed by atoms with E-state index in [4.69, 9.17) is 10.5 Å². The fourth-order valence-electron chi connectivity index (χ4n) is 3.93. The number of hydrogen-bond donors (Lipinski definition) is 3. The maximum Gasteiger partial charge on any atom is 0.368 e. The Morgan fingerprint density at radius 2 is 1.70 bits per heavy atom. The van der Waals surface area contributed by atoms with E-state index in [-0.39, 0.29) is 28.2 Å². The zero-order valence-electron chi connectivity index (χ0n) is 22.5. The fourth-order valence-corrected chi connectivity index (χ4v) is 6.96. The Bertz CT molecular complexity index is 939. The SMILES string of the molecule is CNC(=O)[C@H](Cc1ccccc1)NC(=O)[C@@H](CC(C)C)S[C@H]1CN(C(N)=O)C[C@H]1SC(=O)OC(C)(C)C. The highest BCUT2D eigenvalue weighted by molar-refractivity contribution is 8.14. The molecule has 0 aliphatic carbocycles. The van der Waals surface area contributed by atoms with E-state index in [1.165, 1.54) is 16.7 Å². The molecule has 0 saturated carbocycles. The highest BCUT2D eigenvalue weighted by Gasteiger charge is 2.40. The normalized spacial score (nSPS) is 19.3. The number of ether oxygens (including phenoxy) is 1. The molecule has 4 atom stereocenters. The third-order valence-electron chi connectivity index (χ3n) is 5.64. The Labute approximate surface area is 228 Å². The Kier molecular flexibility index (Phi) is 11.6. The number of nitrogens with zero attached hydrogens (tertiary/aromatic N) is 1. The minimum absolute atomic E-state index is 0.210. The van der Waals surface area contributed by atoms with Crippen molar-refractivity contribution in [2.75, 3.05) is 20.1 Å². The first-order valence-electron chi connectivity index (χ1n) is 12.4. The minimum Gasteiger partial charge on any atom is -0.452 e. The molecule has 0 unspecified atom stereocenters. The van der Waals surface area contributed by atoms with Crippen molar-refractivity contribution in [3.63, 3.8) is 0 Å². The summed E-state index contributed by atoms with van der Waals surface area (Å²) in [5.41, 5.74) is 5.84. The molecule has 206 valence electrons. The molecule has 2 rings (SSSR count). The maximum absolute atomic E-state index is 13.5. The number of likely N-dealkylation sites (tertiary alicyclic amines) is 1. The summed E-state index contributed by atoms with van der Waals surface area (Å²) < 4.78 is 5.46. The number of benzene rings is 1. The van der Waals surface area contributed by atoms with Gasteiger partial charge < -0.3 is 26.0 Å². The van der Waals surface area contributed by atoms with Crippen LogP contribution in [0.3, 0.4) is 0 Å². The summed E-state index contributed by atoms with van der Waals surface area (Å²) in [6.45, 7) is 10.1. The predicted octanol–water partition coefficient (Wildman–Crippen LogP) is 3.41. The quantitative estimate of drug-likeness (QED) is 0.379. The molecule has 0 radical (unpaired) electrons. The first kappa shape index (κ1) is 30.8. The van der Waals surface area contributed by atoms with E-state index in [0.29, 0.717) is 25.9 Å². The molecule has 1 saturated heterocycles. The molecule has 1 aliphatic rings. The van der Waals surface area contributed by atoms with Crippen LogP contribution in [0.25, 0.3) is 0 Å².